The molecule has 1 aliphatic carbocycles. The van der Waals surface area contributed by atoms with Gasteiger partial charge in [0.1, 0.15) is 5.76 Å². The molecule has 2 aromatic heterocycles. The number of fused-ring (bicyclic) bond motifs is 1. The van der Waals surface area contributed by atoms with E-state index in [-0.39, 0.29) is 11.6 Å². The molecule has 0 aliphatic heterocycles. The smallest absolute Gasteiger partial charge is 0.279 e. The second-order valence-electron chi connectivity index (χ2n) is 4.97. The van der Waals surface area contributed by atoms with E-state index in [2.05, 4.69) is 15.5 Å². The van der Waals surface area contributed by atoms with Gasteiger partial charge >= 0.3 is 0 Å². The van der Waals surface area contributed by atoms with Gasteiger partial charge in [-0.3, -0.25) is 10.1 Å². The van der Waals surface area contributed by atoms with Gasteiger partial charge in [0, 0.05) is 17.0 Å². The minimum atomic E-state index is -0.309. The number of amides is 1. The Morgan fingerprint density at radius 2 is 2.24 bits per heavy atom. The lowest BCUT2D eigenvalue weighted by Gasteiger charge is -1.95. The third-order valence-corrected chi connectivity index (χ3v) is 4.48. The Morgan fingerprint density at radius 3 is 3.05 bits per heavy atom. The fourth-order valence-corrected chi connectivity index (χ4v) is 3.21. The van der Waals surface area contributed by atoms with Gasteiger partial charge in [-0.25, -0.2) is 4.98 Å². The minimum Gasteiger partial charge on any atom is -0.360 e. The summed E-state index contributed by atoms with van der Waals surface area (Å²) in [7, 11) is 0. The van der Waals surface area contributed by atoms with Crippen molar-refractivity contribution in [3.63, 3.8) is 0 Å². The maximum absolute atomic E-state index is 12.1. The number of rotatable bonds is 3. The lowest BCUT2D eigenvalue weighted by molar-refractivity contribution is 0.101. The van der Waals surface area contributed by atoms with Crippen molar-refractivity contribution in [2.24, 2.45) is 0 Å². The average Bonchev–Trinajstić information content (AvgIpc) is 3.05. The first-order chi connectivity index (χ1) is 10.2. The second-order valence-corrected chi connectivity index (χ2v) is 6.44. The van der Waals surface area contributed by atoms with Gasteiger partial charge in [-0.05, 0) is 31.0 Å². The molecule has 1 aromatic carbocycles. The predicted octanol–water partition coefficient (Wildman–Crippen LogP) is 4.07. The van der Waals surface area contributed by atoms with Crippen LogP contribution in [0.3, 0.4) is 0 Å². The van der Waals surface area contributed by atoms with Gasteiger partial charge in [0.2, 0.25) is 0 Å². The highest BCUT2D eigenvalue weighted by Gasteiger charge is 2.29. The first-order valence-electron chi connectivity index (χ1n) is 6.53. The fraction of sp³-hybridized carbons (Fsp3) is 0.214. The van der Waals surface area contributed by atoms with Crippen molar-refractivity contribution in [1.29, 1.82) is 0 Å². The van der Waals surface area contributed by atoms with Crippen LogP contribution in [0.25, 0.3) is 10.2 Å². The first-order valence-corrected chi connectivity index (χ1v) is 7.72. The third-order valence-electron chi connectivity index (χ3n) is 3.31. The summed E-state index contributed by atoms with van der Waals surface area (Å²) >= 11 is 7.31. The molecule has 5 nitrogen and oxygen atoms in total. The van der Waals surface area contributed by atoms with Crippen molar-refractivity contribution >= 4 is 44.2 Å². The van der Waals surface area contributed by atoms with Gasteiger partial charge in [0.15, 0.2) is 10.8 Å². The molecule has 0 atom stereocenters. The van der Waals surface area contributed by atoms with E-state index in [0.29, 0.717) is 16.1 Å². The second kappa shape index (κ2) is 4.82. The molecule has 1 N–H and O–H groups in total. The SMILES string of the molecule is O=C(Nc1nc2ccc(Cl)cc2s1)c1cc(C2CC2)on1. The highest BCUT2D eigenvalue weighted by atomic mass is 35.5. The zero-order chi connectivity index (χ0) is 14.4. The number of thiazole rings is 1. The van der Waals surface area contributed by atoms with Crippen LogP contribution in [-0.2, 0) is 0 Å². The minimum absolute atomic E-state index is 0.286. The van der Waals surface area contributed by atoms with Gasteiger partial charge < -0.3 is 4.52 Å². The summed E-state index contributed by atoms with van der Waals surface area (Å²) < 4.78 is 6.10. The standard InChI is InChI=1S/C14H10ClN3O2S/c15-8-3-4-9-12(5-8)21-14(16-9)17-13(19)10-6-11(20-18-10)7-1-2-7/h3-7H,1-2H2,(H,16,17,19). The number of nitrogens with one attached hydrogen (secondary N) is 1. The molecule has 4 rings (SSSR count). The Hall–Kier alpha value is -1.92. The van der Waals surface area contributed by atoms with Crippen molar-refractivity contribution in [2.45, 2.75) is 18.8 Å². The molecule has 7 heteroatoms. The molecule has 3 aromatic rings. The highest BCUT2D eigenvalue weighted by molar-refractivity contribution is 7.22. The maximum Gasteiger partial charge on any atom is 0.279 e. The molecule has 21 heavy (non-hydrogen) atoms. The molecular weight excluding hydrogens is 310 g/mol. The molecule has 1 aliphatic rings. The molecule has 1 amide bonds. The van der Waals surface area contributed by atoms with Crippen LogP contribution in [0.4, 0.5) is 5.13 Å². The number of hydrogen-bond acceptors (Lipinski definition) is 5. The summed E-state index contributed by atoms with van der Waals surface area (Å²) in [4.78, 5) is 16.5. The molecule has 0 saturated heterocycles. The highest BCUT2D eigenvalue weighted by Crippen LogP contribution is 2.40. The Bertz CT molecular complexity index is 838. The van der Waals surface area contributed by atoms with Crippen LogP contribution in [0.5, 0.6) is 0 Å². The van der Waals surface area contributed by atoms with Crippen molar-refractivity contribution in [2.75, 3.05) is 5.32 Å². The Balaban J connectivity index is 1.56. The molecule has 0 spiro atoms. The van der Waals surface area contributed by atoms with Gasteiger partial charge in [-0.15, -0.1) is 0 Å². The summed E-state index contributed by atoms with van der Waals surface area (Å²) in [6, 6.07) is 7.13. The number of halogens is 1. The largest absolute Gasteiger partial charge is 0.360 e. The van der Waals surface area contributed by atoms with Crippen LogP contribution in [0.2, 0.25) is 5.02 Å². The topological polar surface area (TPSA) is 68.0 Å². The number of benzene rings is 1. The van der Waals surface area contributed by atoms with Gasteiger partial charge in [-0.2, -0.15) is 0 Å². The Morgan fingerprint density at radius 1 is 1.38 bits per heavy atom. The third kappa shape index (κ3) is 2.52. The van der Waals surface area contributed by atoms with E-state index in [0.717, 1.165) is 28.8 Å². The van der Waals surface area contributed by atoms with Crippen LogP contribution in [0.15, 0.2) is 28.8 Å². The van der Waals surface area contributed by atoms with E-state index >= 15 is 0 Å². The molecular formula is C14H10ClN3O2S. The van der Waals surface area contributed by atoms with E-state index in [1.54, 1.807) is 12.1 Å². The van der Waals surface area contributed by atoms with Crippen molar-refractivity contribution in [3.05, 3.63) is 40.7 Å². The average molecular weight is 320 g/mol. The monoisotopic (exact) mass is 319 g/mol. The van der Waals surface area contributed by atoms with Crippen LogP contribution in [0, 0.1) is 0 Å². The Kier molecular flexibility index (Phi) is 2.94. The zero-order valence-electron chi connectivity index (χ0n) is 10.8. The van der Waals surface area contributed by atoms with Gasteiger partial charge in [0.05, 0.1) is 10.2 Å². The van der Waals surface area contributed by atoms with E-state index < -0.39 is 0 Å². The van der Waals surface area contributed by atoms with Crippen LogP contribution >= 0.6 is 22.9 Å². The van der Waals surface area contributed by atoms with Crippen molar-refractivity contribution < 1.29 is 9.32 Å². The fourth-order valence-electron chi connectivity index (χ4n) is 2.07. The predicted molar refractivity (Wildman–Crippen MR) is 81.1 cm³/mol. The number of carbonyl (C=O) groups excluding carboxylic acids is 1. The lowest BCUT2D eigenvalue weighted by atomic mass is 10.3. The summed E-state index contributed by atoms with van der Waals surface area (Å²) in [5.74, 6) is 0.913. The Labute approximate surface area is 128 Å². The number of carbonyl (C=O) groups is 1. The molecule has 0 radical (unpaired) electrons. The molecule has 106 valence electrons. The van der Waals surface area contributed by atoms with Crippen LogP contribution in [0.1, 0.15) is 35.0 Å². The zero-order valence-corrected chi connectivity index (χ0v) is 12.4. The number of anilines is 1. The van der Waals surface area contributed by atoms with Crippen LogP contribution < -0.4 is 5.32 Å². The van der Waals surface area contributed by atoms with E-state index in [1.807, 2.05) is 12.1 Å². The summed E-state index contributed by atoms with van der Waals surface area (Å²) in [5, 5.41) is 7.72. The van der Waals surface area contributed by atoms with Gasteiger partial charge in [-0.1, -0.05) is 28.1 Å². The number of aromatic nitrogens is 2. The molecule has 1 fully saturated rings. The molecule has 2 heterocycles. The van der Waals surface area contributed by atoms with Gasteiger partial charge in [0.25, 0.3) is 5.91 Å². The van der Waals surface area contributed by atoms with Crippen molar-refractivity contribution in [1.82, 2.24) is 10.1 Å². The summed E-state index contributed by atoms with van der Waals surface area (Å²) in [6.45, 7) is 0. The molecule has 0 unspecified atom stereocenters. The van der Waals surface area contributed by atoms with Crippen LogP contribution in [-0.4, -0.2) is 16.0 Å². The first kappa shape index (κ1) is 12.8. The molecule has 0 bridgehead atoms. The van der Waals surface area contributed by atoms with E-state index in [9.17, 15) is 4.79 Å². The molecule has 1 saturated carbocycles. The summed E-state index contributed by atoms with van der Waals surface area (Å²) in [5.41, 5.74) is 1.09. The lowest BCUT2D eigenvalue weighted by Crippen LogP contribution is -2.11. The normalized spacial score (nSPS) is 14.5. The maximum atomic E-state index is 12.1. The quantitative estimate of drug-likeness (QED) is 0.790. The van der Waals surface area contributed by atoms with E-state index in [4.69, 9.17) is 16.1 Å². The van der Waals surface area contributed by atoms with E-state index in [1.165, 1.54) is 11.3 Å². The number of nitrogens with zero attached hydrogens (tertiary/aromatic N) is 2. The summed E-state index contributed by atoms with van der Waals surface area (Å²) in [6.07, 6.45) is 2.21. The van der Waals surface area contributed by atoms with Crippen molar-refractivity contribution in [3.8, 4) is 0 Å². The number of hydrogen-bond donors (Lipinski definition) is 1.